The van der Waals surface area contributed by atoms with Gasteiger partial charge in [0.15, 0.2) is 0 Å². The van der Waals surface area contributed by atoms with Gasteiger partial charge in [-0.2, -0.15) is 0 Å². The molecule has 2 aromatic carbocycles. The molecule has 1 saturated heterocycles. The number of amides is 1. The lowest BCUT2D eigenvalue weighted by Gasteiger charge is -2.32. The summed E-state index contributed by atoms with van der Waals surface area (Å²) in [6.45, 7) is 8.70. The van der Waals surface area contributed by atoms with Gasteiger partial charge in [0.2, 0.25) is 5.91 Å². The molecule has 0 aliphatic carbocycles. The summed E-state index contributed by atoms with van der Waals surface area (Å²) in [7, 11) is 0. The number of anilines is 1. The second-order valence-corrected chi connectivity index (χ2v) is 9.67. The van der Waals surface area contributed by atoms with Crippen LogP contribution < -0.4 is 10.2 Å². The van der Waals surface area contributed by atoms with Gasteiger partial charge in [-0.25, -0.2) is 0 Å². The average molecular weight is 431 g/mol. The zero-order valence-corrected chi connectivity index (χ0v) is 19.1. The maximum absolute atomic E-state index is 12.8. The van der Waals surface area contributed by atoms with Gasteiger partial charge >= 0.3 is 0 Å². The molecule has 5 heteroatoms. The number of hydrogen-bond donors (Lipinski definition) is 1. The van der Waals surface area contributed by atoms with E-state index in [0.29, 0.717) is 5.02 Å². The predicted octanol–water partition coefficient (Wildman–Crippen LogP) is 6.32. The Morgan fingerprint density at radius 3 is 2.34 bits per heavy atom. The van der Waals surface area contributed by atoms with E-state index in [2.05, 4.69) is 48.3 Å². The summed E-state index contributed by atoms with van der Waals surface area (Å²) in [6, 6.07) is 16.3. The fourth-order valence-corrected chi connectivity index (χ4v) is 4.72. The molecule has 29 heavy (non-hydrogen) atoms. The van der Waals surface area contributed by atoms with Gasteiger partial charge in [0, 0.05) is 28.7 Å². The molecule has 1 N–H and O–H groups in total. The Balaban J connectivity index is 1.57. The normalized spacial score (nSPS) is 17.0. The van der Waals surface area contributed by atoms with Gasteiger partial charge in [0.1, 0.15) is 0 Å². The Kier molecular flexibility index (Phi) is 7.91. The zero-order valence-electron chi connectivity index (χ0n) is 17.5. The third-order valence-electron chi connectivity index (χ3n) is 5.66. The SMILES string of the molecule is CC[C@H](Sc1ccc(Cl)cc1)C(=O)N[C@H](C)c1ccc(N2CCC(C)CC2)cc1. The largest absolute Gasteiger partial charge is 0.372 e. The van der Waals surface area contributed by atoms with Crippen molar-refractivity contribution in [2.75, 3.05) is 18.0 Å². The summed E-state index contributed by atoms with van der Waals surface area (Å²) in [5.41, 5.74) is 2.42. The van der Waals surface area contributed by atoms with E-state index in [1.54, 1.807) is 11.8 Å². The molecular formula is C24H31ClN2OS. The lowest BCUT2D eigenvalue weighted by Crippen LogP contribution is -2.34. The molecule has 1 amide bonds. The van der Waals surface area contributed by atoms with Gasteiger partial charge in [-0.1, -0.05) is 37.6 Å². The Morgan fingerprint density at radius 2 is 1.76 bits per heavy atom. The molecular weight excluding hydrogens is 400 g/mol. The number of piperidine rings is 1. The third-order valence-corrected chi connectivity index (χ3v) is 7.28. The highest BCUT2D eigenvalue weighted by Gasteiger charge is 2.21. The van der Waals surface area contributed by atoms with Crippen LogP contribution >= 0.6 is 23.4 Å². The highest BCUT2D eigenvalue weighted by Crippen LogP contribution is 2.28. The lowest BCUT2D eigenvalue weighted by molar-refractivity contribution is -0.121. The second-order valence-electron chi connectivity index (χ2n) is 7.96. The smallest absolute Gasteiger partial charge is 0.233 e. The number of benzene rings is 2. The summed E-state index contributed by atoms with van der Waals surface area (Å²) in [5, 5.41) is 3.78. The number of nitrogens with zero attached hydrogens (tertiary/aromatic N) is 1. The maximum Gasteiger partial charge on any atom is 0.233 e. The van der Waals surface area contributed by atoms with Crippen LogP contribution in [0, 0.1) is 5.92 Å². The quantitative estimate of drug-likeness (QED) is 0.521. The minimum Gasteiger partial charge on any atom is -0.372 e. The summed E-state index contributed by atoms with van der Waals surface area (Å²) >= 11 is 7.54. The average Bonchev–Trinajstić information content (AvgIpc) is 2.74. The molecule has 0 saturated carbocycles. The minimum absolute atomic E-state index is 0.0159. The van der Waals surface area contributed by atoms with E-state index < -0.39 is 0 Å². The first-order valence-electron chi connectivity index (χ1n) is 10.5. The topological polar surface area (TPSA) is 32.3 Å². The summed E-state index contributed by atoms with van der Waals surface area (Å²) in [4.78, 5) is 16.3. The predicted molar refractivity (Wildman–Crippen MR) is 125 cm³/mol. The molecule has 0 spiro atoms. The number of rotatable bonds is 7. The number of nitrogens with one attached hydrogen (secondary N) is 1. The fourth-order valence-electron chi connectivity index (χ4n) is 3.63. The second kappa shape index (κ2) is 10.4. The van der Waals surface area contributed by atoms with E-state index in [1.165, 1.54) is 18.5 Å². The first-order chi connectivity index (χ1) is 14.0. The van der Waals surface area contributed by atoms with Crippen molar-refractivity contribution < 1.29 is 4.79 Å². The van der Waals surface area contributed by atoms with E-state index in [-0.39, 0.29) is 17.2 Å². The Hall–Kier alpha value is -1.65. The Labute approximate surface area is 184 Å². The van der Waals surface area contributed by atoms with Gasteiger partial charge in [0.05, 0.1) is 11.3 Å². The summed E-state index contributed by atoms with van der Waals surface area (Å²) in [6.07, 6.45) is 3.30. The lowest BCUT2D eigenvalue weighted by atomic mass is 9.98. The Bertz CT molecular complexity index is 786. The fraction of sp³-hybridized carbons (Fsp3) is 0.458. The van der Waals surface area contributed by atoms with Gasteiger partial charge in [-0.05, 0) is 74.1 Å². The molecule has 3 nitrogen and oxygen atoms in total. The molecule has 0 aromatic heterocycles. The van der Waals surface area contributed by atoms with Gasteiger partial charge < -0.3 is 10.2 Å². The van der Waals surface area contributed by atoms with Crippen LogP contribution in [0.1, 0.15) is 51.6 Å². The molecule has 1 aliphatic heterocycles. The van der Waals surface area contributed by atoms with Crippen molar-refractivity contribution in [1.29, 1.82) is 0 Å². The third kappa shape index (κ3) is 6.16. The van der Waals surface area contributed by atoms with Crippen molar-refractivity contribution in [2.24, 2.45) is 5.92 Å². The van der Waals surface area contributed by atoms with Crippen LogP contribution in [-0.4, -0.2) is 24.2 Å². The van der Waals surface area contributed by atoms with E-state index in [0.717, 1.165) is 35.9 Å². The molecule has 3 rings (SSSR count). The zero-order chi connectivity index (χ0) is 20.8. The molecule has 0 radical (unpaired) electrons. The molecule has 2 atom stereocenters. The van der Waals surface area contributed by atoms with Crippen molar-refractivity contribution in [3.05, 3.63) is 59.1 Å². The first-order valence-corrected chi connectivity index (χ1v) is 11.8. The van der Waals surface area contributed by atoms with Crippen molar-refractivity contribution in [2.45, 2.75) is 56.2 Å². The monoisotopic (exact) mass is 430 g/mol. The minimum atomic E-state index is -0.117. The van der Waals surface area contributed by atoms with Crippen molar-refractivity contribution in [1.82, 2.24) is 5.32 Å². The van der Waals surface area contributed by atoms with Crippen LogP contribution in [-0.2, 0) is 4.79 Å². The molecule has 2 aromatic rings. The van der Waals surface area contributed by atoms with E-state index in [1.807, 2.05) is 31.2 Å². The van der Waals surface area contributed by atoms with Gasteiger partial charge in [0.25, 0.3) is 0 Å². The summed E-state index contributed by atoms with van der Waals surface area (Å²) in [5.74, 6) is 0.909. The van der Waals surface area contributed by atoms with E-state index in [9.17, 15) is 4.79 Å². The first kappa shape index (κ1) is 22.0. The van der Waals surface area contributed by atoms with Crippen LogP contribution in [0.4, 0.5) is 5.69 Å². The van der Waals surface area contributed by atoms with Crippen molar-refractivity contribution in [3.63, 3.8) is 0 Å². The molecule has 0 bridgehead atoms. The maximum atomic E-state index is 12.8. The number of halogens is 1. The highest BCUT2D eigenvalue weighted by molar-refractivity contribution is 8.00. The van der Waals surface area contributed by atoms with E-state index in [4.69, 9.17) is 11.6 Å². The standard InChI is InChI=1S/C24H31ClN2OS/c1-4-23(29-22-11-7-20(25)8-12-22)24(28)26-18(3)19-5-9-21(10-6-19)27-15-13-17(2)14-16-27/h5-12,17-18,23H,4,13-16H2,1-3H3,(H,26,28)/t18-,23+/m1/s1. The molecule has 156 valence electrons. The summed E-state index contributed by atoms with van der Waals surface area (Å²) < 4.78 is 0. The Morgan fingerprint density at radius 1 is 1.14 bits per heavy atom. The van der Waals surface area contributed by atoms with Crippen LogP contribution in [0.15, 0.2) is 53.4 Å². The van der Waals surface area contributed by atoms with Crippen LogP contribution in [0.2, 0.25) is 5.02 Å². The molecule has 1 aliphatic rings. The number of carbonyl (C=O) groups excluding carboxylic acids is 1. The number of hydrogen-bond acceptors (Lipinski definition) is 3. The van der Waals surface area contributed by atoms with Crippen LogP contribution in [0.5, 0.6) is 0 Å². The van der Waals surface area contributed by atoms with Gasteiger partial charge in [-0.15, -0.1) is 11.8 Å². The van der Waals surface area contributed by atoms with Crippen LogP contribution in [0.3, 0.4) is 0 Å². The molecule has 1 fully saturated rings. The molecule has 1 heterocycles. The molecule has 0 unspecified atom stereocenters. The van der Waals surface area contributed by atoms with Crippen molar-refractivity contribution >= 4 is 35.0 Å². The number of thioether (sulfide) groups is 1. The highest BCUT2D eigenvalue weighted by atomic mass is 35.5. The van der Waals surface area contributed by atoms with E-state index >= 15 is 0 Å². The van der Waals surface area contributed by atoms with Crippen molar-refractivity contribution in [3.8, 4) is 0 Å². The number of carbonyl (C=O) groups is 1. The van der Waals surface area contributed by atoms with Gasteiger partial charge in [-0.3, -0.25) is 4.79 Å². The van der Waals surface area contributed by atoms with Crippen LogP contribution in [0.25, 0.3) is 0 Å².